The van der Waals surface area contributed by atoms with Crippen molar-refractivity contribution in [1.82, 2.24) is 0 Å². The Kier molecular flexibility index (Phi) is 3.86. The first-order valence-electron chi connectivity index (χ1n) is 4.70. The molecule has 1 rings (SSSR count). The number of esters is 1. The third-order valence-corrected chi connectivity index (χ3v) is 1.68. The third-order valence-electron chi connectivity index (χ3n) is 1.68. The van der Waals surface area contributed by atoms with E-state index >= 15 is 0 Å². The second-order valence-corrected chi connectivity index (χ2v) is 3.45. The molecule has 2 heteroatoms. The largest absolute Gasteiger partial charge is 0.423 e. The molecule has 0 atom stereocenters. The molecule has 0 amide bonds. The first-order valence-corrected chi connectivity index (χ1v) is 4.70. The Morgan fingerprint density at radius 1 is 1.27 bits per heavy atom. The van der Waals surface area contributed by atoms with Gasteiger partial charge in [0.05, 0.1) is 5.57 Å². The molecule has 0 heterocycles. The van der Waals surface area contributed by atoms with Crippen LogP contribution in [-0.4, -0.2) is 5.97 Å². The molecule has 0 aromatic heterocycles. The van der Waals surface area contributed by atoms with Crippen LogP contribution >= 0.6 is 0 Å². The Morgan fingerprint density at radius 3 is 2.40 bits per heavy atom. The molecule has 0 saturated heterocycles. The van der Waals surface area contributed by atoms with Crippen molar-refractivity contribution < 1.29 is 9.53 Å². The molecular weight excluding hydrogens is 188 g/mol. The summed E-state index contributed by atoms with van der Waals surface area (Å²) in [5.74, 6) is 0.119. The number of hydrogen-bond donors (Lipinski definition) is 0. The Labute approximate surface area is 89.9 Å². The lowest BCUT2D eigenvalue weighted by molar-refractivity contribution is -0.129. The van der Waals surface area contributed by atoms with E-state index in [-0.39, 0.29) is 0 Å². The van der Waals surface area contributed by atoms with Crippen molar-refractivity contribution in [2.24, 2.45) is 0 Å². The van der Waals surface area contributed by atoms with Gasteiger partial charge >= 0.3 is 5.97 Å². The summed E-state index contributed by atoms with van der Waals surface area (Å²) in [5, 5.41) is 0. The van der Waals surface area contributed by atoms with Crippen LogP contribution in [0.1, 0.15) is 13.8 Å². The van der Waals surface area contributed by atoms with Gasteiger partial charge in [-0.25, -0.2) is 4.79 Å². The number of para-hydroxylation sites is 1. The van der Waals surface area contributed by atoms with Crippen LogP contribution < -0.4 is 4.74 Å². The smallest absolute Gasteiger partial charge is 0.342 e. The van der Waals surface area contributed by atoms with Gasteiger partial charge in [0.1, 0.15) is 5.75 Å². The second-order valence-electron chi connectivity index (χ2n) is 3.45. The monoisotopic (exact) mass is 202 g/mol. The lowest BCUT2D eigenvalue weighted by atomic mass is 10.2. The summed E-state index contributed by atoms with van der Waals surface area (Å²) in [6.45, 7) is 7.45. The van der Waals surface area contributed by atoms with Gasteiger partial charge in [-0.2, -0.15) is 0 Å². The number of ether oxygens (including phenoxy) is 1. The predicted molar refractivity (Wildman–Crippen MR) is 60.6 cm³/mol. The SMILES string of the molecule is C=C(C=C(C)C)C(=O)Oc1ccccc1. The van der Waals surface area contributed by atoms with Crippen molar-refractivity contribution in [3.8, 4) is 5.75 Å². The Hall–Kier alpha value is -1.83. The molecule has 0 spiro atoms. The van der Waals surface area contributed by atoms with Crippen LogP contribution in [0.3, 0.4) is 0 Å². The van der Waals surface area contributed by atoms with Crippen LogP contribution in [0.4, 0.5) is 0 Å². The van der Waals surface area contributed by atoms with Crippen LogP contribution in [0.2, 0.25) is 0 Å². The molecule has 0 unspecified atom stereocenters. The van der Waals surface area contributed by atoms with Gasteiger partial charge in [0.15, 0.2) is 0 Å². The fourth-order valence-electron chi connectivity index (χ4n) is 1.07. The van der Waals surface area contributed by atoms with Crippen LogP contribution in [0, 0.1) is 0 Å². The zero-order valence-corrected chi connectivity index (χ0v) is 8.99. The second kappa shape index (κ2) is 5.15. The van der Waals surface area contributed by atoms with Gasteiger partial charge in [0, 0.05) is 0 Å². The maximum absolute atomic E-state index is 11.5. The summed E-state index contributed by atoms with van der Waals surface area (Å²) in [6, 6.07) is 8.95. The standard InChI is InChI=1S/C13H14O2/c1-10(2)9-11(3)13(14)15-12-7-5-4-6-8-12/h4-9H,3H2,1-2H3. The molecule has 0 saturated carbocycles. The number of allylic oxidation sites excluding steroid dienone is 1. The fraction of sp³-hybridized carbons (Fsp3) is 0.154. The van der Waals surface area contributed by atoms with E-state index in [1.165, 1.54) is 0 Å². The highest BCUT2D eigenvalue weighted by Gasteiger charge is 2.06. The molecule has 15 heavy (non-hydrogen) atoms. The van der Waals surface area contributed by atoms with Crippen LogP contribution in [0.15, 0.2) is 54.1 Å². The Bertz CT molecular complexity index is 384. The summed E-state index contributed by atoms with van der Waals surface area (Å²) in [4.78, 5) is 11.5. The predicted octanol–water partition coefficient (Wildman–Crippen LogP) is 3.11. The molecular formula is C13H14O2. The first-order chi connectivity index (χ1) is 7.09. The first kappa shape index (κ1) is 11.2. The van der Waals surface area contributed by atoms with Crippen molar-refractivity contribution in [3.05, 3.63) is 54.1 Å². The molecule has 2 nitrogen and oxygen atoms in total. The lowest BCUT2D eigenvalue weighted by Crippen LogP contribution is -2.09. The van der Waals surface area contributed by atoms with E-state index in [9.17, 15) is 4.79 Å². The van der Waals surface area contributed by atoms with E-state index < -0.39 is 5.97 Å². The van der Waals surface area contributed by atoms with E-state index in [1.54, 1.807) is 18.2 Å². The summed E-state index contributed by atoms with van der Waals surface area (Å²) in [6.07, 6.45) is 1.70. The minimum absolute atomic E-state index is 0.360. The number of carbonyl (C=O) groups excluding carboxylic acids is 1. The maximum atomic E-state index is 11.5. The number of carbonyl (C=O) groups is 1. The van der Waals surface area contributed by atoms with E-state index in [0.29, 0.717) is 11.3 Å². The van der Waals surface area contributed by atoms with Gasteiger partial charge < -0.3 is 4.74 Å². The Balaban J connectivity index is 2.65. The minimum atomic E-state index is -0.414. The number of rotatable bonds is 3. The fourth-order valence-corrected chi connectivity index (χ4v) is 1.07. The van der Waals surface area contributed by atoms with Crippen molar-refractivity contribution in [1.29, 1.82) is 0 Å². The zero-order chi connectivity index (χ0) is 11.3. The average molecular weight is 202 g/mol. The summed E-state index contributed by atoms with van der Waals surface area (Å²) >= 11 is 0. The van der Waals surface area contributed by atoms with Crippen LogP contribution in [0.25, 0.3) is 0 Å². The highest BCUT2D eigenvalue weighted by atomic mass is 16.5. The molecule has 0 radical (unpaired) electrons. The van der Waals surface area contributed by atoms with Gasteiger partial charge in [-0.3, -0.25) is 0 Å². The van der Waals surface area contributed by atoms with Crippen molar-refractivity contribution in [3.63, 3.8) is 0 Å². The quantitative estimate of drug-likeness (QED) is 0.326. The summed E-state index contributed by atoms with van der Waals surface area (Å²) in [7, 11) is 0. The molecule has 0 N–H and O–H groups in total. The van der Waals surface area contributed by atoms with Gasteiger partial charge in [-0.15, -0.1) is 0 Å². The minimum Gasteiger partial charge on any atom is -0.423 e. The van der Waals surface area contributed by atoms with Crippen molar-refractivity contribution in [2.75, 3.05) is 0 Å². The molecule has 0 fully saturated rings. The zero-order valence-electron chi connectivity index (χ0n) is 8.99. The molecule has 0 aliphatic rings. The third kappa shape index (κ3) is 3.81. The van der Waals surface area contributed by atoms with E-state index in [4.69, 9.17) is 4.74 Å². The van der Waals surface area contributed by atoms with Gasteiger partial charge in [-0.05, 0) is 32.1 Å². The van der Waals surface area contributed by atoms with Crippen molar-refractivity contribution >= 4 is 5.97 Å². The number of benzene rings is 1. The summed E-state index contributed by atoms with van der Waals surface area (Å²) < 4.78 is 5.09. The molecule has 78 valence electrons. The highest BCUT2D eigenvalue weighted by Crippen LogP contribution is 2.11. The molecule has 0 aliphatic heterocycles. The van der Waals surface area contributed by atoms with Gasteiger partial charge in [0.2, 0.25) is 0 Å². The maximum Gasteiger partial charge on any atom is 0.342 e. The van der Waals surface area contributed by atoms with E-state index in [2.05, 4.69) is 6.58 Å². The molecule has 1 aromatic carbocycles. The molecule has 0 aliphatic carbocycles. The lowest BCUT2D eigenvalue weighted by Gasteiger charge is -2.03. The van der Waals surface area contributed by atoms with E-state index in [0.717, 1.165) is 5.57 Å². The van der Waals surface area contributed by atoms with Gasteiger partial charge in [0.25, 0.3) is 0 Å². The molecule has 1 aromatic rings. The summed E-state index contributed by atoms with van der Waals surface area (Å²) in [5.41, 5.74) is 1.38. The van der Waals surface area contributed by atoms with Gasteiger partial charge in [-0.1, -0.05) is 30.4 Å². The topological polar surface area (TPSA) is 26.3 Å². The highest BCUT2D eigenvalue weighted by molar-refractivity contribution is 5.92. The van der Waals surface area contributed by atoms with Crippen molar-refractivity contribution in [2.45, 2.75) is 13.8 Å². The normalized spacial score (nSPS) is 9.20. The van der Waals surface area contributed by atoms with Crippen LogP contribution in [0.5, 0.6) is 5.75 Å². The van der Waals surface area contributed by atoms with Crippen LogP contribution in [-0.2, 0) is 4.79 Å². The Morgan fingerprint density at radius 2 is 1.87 bits per heavy atom. The molecule has 0 bridgehead atoms. The average Bonchev–Trinajstić information content (AvgIpc) is 2.18. The number of hydrogen-bond acceptors (Lipinski definition) is 2. The van der Waals surface area contributed by atoms with E-state index in [1.807, 2.05) is 32.0 Å².